The number of hydrogen-bond donors (Lipinski definition) is 1. The van der Waals surface area contributed by atoms with E-state index in [-0.39, 0.29) is 11.7 Å². The third-order valence-electron chi connectivity index (χ3n) is 3.62. The van der Waals surface area contributed by atoms with Gasteiger partial charge in [0.25, 0.3) is 5.91 Å². The van der Waals surface area contributed by atoms with Gasteiger partial charge in [-0.1, -0.05) is 0 Å². The number of thiazole rings is 1. The van der Waals surface area contributed by atoms with Crippen molar-refractivity contribution in [2.75, 3.05) is 12.4 Å². The number of alkyl halides is 2. The van der Waals surface area contributed by atoms with Crippen LogP contribution in [0.25, 0.3) is 0 Å². The van der Waals surface area contributed by atoms with Crippen LogP contribution in [0.4, 0.5) is 14.5 Å². The minimum absolute atomic E-state index is 0.0104. The number of amides is 1. The van der Waals surface area contributed by atoms with Crippen LogP contribution in [0.2, 0.25) is 0 Å². The van der Waals surface area contributed by atoms with Gasteiger partial charge >= 0.3 is 6.61 Å². The molecule has 1 N–H and O–H groups in total. The van der Waals surface area contributed by atoms with Crippen molar-refractivity contribution in [3.63, 3.8) is 0 Å². The van der Waals surface area contributed by atoms with Gasteiger partial charge in [0.05, 0.1) is 18.3 Å². The fraction of sp³-hybridized carbons (Fsp3) is 0.158. The molecule has 3 rings (SSSR count). The Morgan fingerprint density at radius 1 is 1.18 bits per heavy atom. The second kappa shape index (κ2) is 9.14. The Labute approximate surface area is 163 Å². The highest BCUT2D eigenvalue weighted by Gasteiger charge is 2.12. The van der Waals surface area contributed by atoms with Crippen molar-refractivity contribution in [3.8, 4) is 17.2 Å². The number of carbonyl (C=O) groups excluding carboxylic acids is 1. The molecular formula is C19H16F2N2O4S. The molecule has 2 aromatic carbocycles. The molecule has 0 radical (unpaired) electrons. The Balaban J connectivity index is 1.66. The fourth-order valence-electron chi connectivity index (χ4n) is 2.31. The summed E-state index contributed by atoms with van der Waals surface area (Å²) in [7, 11) is 1.48. The predicted molar refractivity (Wildman–Crippen MR) is 100 cm³/mol. The smallest absolute Gasteiger partial charge is 0.387 e. The number of aromatic nitrogens is 1. The fourth-order valence-corrected chi connectivity index (χ4v) is 2.85. The molecule has 0 unspecified atom stereocenters. The number of nitrogens with zero attached hydrogens (tertiary/aromatic N) is 1. The molecule has 1 aromatic heterocycles. The van der Waals surface area contributed by atoms with Crippen LogP contribution in [0, 0.1) is 0 Å². The molecule has 1 amide bonds. The van der Waals surface area contributed by atoms with Gasteiger partial charge in [-0.25, -0.2) is 4.98 Å². The second-order valence-corrected chi connectivity index (χ2v) is 6.21. The van der Waals surface area contributed by atoms with Crippen LogP contribution in [0.15, 0.2) is 53.4 Å². The van der Waals surface area contributed by atoms with Gasteiger partial charge in [-0.15, -0.1) is 11.3 Å². The normalized spacial score (nSPS) is 10.6. The highest BCUT2D eigenvalue weighted by atomic mass is 32.1. The van der Waals surface area contributed by atoms with Gasteiger partial charge in [0.15, 0.2) is 11.5 Å². The molecule has 28 heavy (non-hydrogen) atoms. The lowest BCUT2D eigenvalue weighted by atomic mass is 10.1. The monoisotopic (exact) mass is 406 g/mol. The van der Waals surface area contributed by atoms with Gasteiger partial charge in [0.1, 0.15) is 12.4 Å². The van der Waals surface area contributed by atoms with Crippen molar-refractivity contribution in [1.29, 1.82) is 0 Å². The topological polar surface area (TPSA) is 69.7 Å². The average Bonchev–Trinajstić information content (AvgIpc) is 3.21. The largest absolute Gasteiger partial charge is 0.493 e. The van der Waals surface area contributed by atoms with E-state index in [0.29, 0.717) is 29.4 Å². The first-order valence-corrected chi connectivity index (χ1v) is 9.03. The Hall–Kier alpha value is -3.20. The summed E-state index contributed by atoms with van der Waals surface area (Å²) in [6.45, 7) is -2.61. The zero-order chi connectivity index (χ0) is 19.9. The van der Waals surface area contributed by atoms with Crippen molar-refractivity contribution >= 4 is 22.9 Å². The molecule has 0 atom stereocenters. The summed E-state index contributed by atoms with van der Waals surface area (Å²) in [5.41, 5.74) is 3.31. The second-order valence-electron chi connectivity index (χ2n) is 5.49. The van der Waals surface area contributed by atoms with E-state index in [0.717, 1.165) is 5.69 Å². The van der Waals surface area contributed by atoms with Crippen molar-refractivity contribution < 1.29 is 27.8 Å². The molecule has 6 nitrogen and oxygen atoms in total. The van der Waals surface area contributed by atoms with Crippen LogP contribution in [0.1, 0.15) is 16.1 Å². The molecule has 0 saturated heterocycles. The number of ether oxygens (including phenoxy) is 3. The van der Waals surface area contributed by atoms with Gasteiger partial charge in [0.2, 0.25) is 0 Å². The summed E-state index contributed by atoms with van der Waals surface area (Å²) >= 11 is 1.48. The van der Waals surface area contributed by atoms with E-state index in [1.54, 1.807) is 23.7 Å². The maximum Gasteiger partial charge on any atom is 0.387 e. The van der Waals surface area contributed by atoms with Crippen LogP contribution >= 0.6 is 11.3 Å². The van der Waals surface area contributed by atoms with Crippen LogP contribution in [0.5, 0.6) is 17.2 Å². The number of methoxy groups -OCH3 is 1. The standard InChI is InChI=1S/C19H16F2N2O4S/c1-25-17-8-12(2-7-16(17)26-9-14-10-28-11-22-14)18(24)23-13-3-5-15(6-4-13)27-19(20)21/h2-8,10-11,19H,9H2,1H3,(H,23,24). The first-order chi connectivity index (χ1) is 13.5. The van der Waals surface area contributed by atoms with Gasteiger partial charge in [-0.2, -0.15) is 8.78 Å². The van der Waals surface area contributed by atoms with Gasteiger partial charge < -0.3 is 19.5 Å². The first-order valence-electron chi connectivity index (χ1n) is 8.09. The quantitative estimate of drug-likeness (QED) is 0.593. The van der Waals surface area contributed by atoms with E-state index in [9.17, 15) is 13.6 Å². The first kappa shape index (κ1) is 19.6. The van der Waals surface area contributed by atoms with Crippen molar-refractivity contribution in [2.45, 2.75) is 13.2 Å². The molecule has 146 valence electrons. The van der Waals surface area contributed by atoms with E-state index in [1.807, 2.05) is 5.38 Å². The number of anilines is 1. The number of benzene rings is 2. The van der Waals surface area contributed by atoms with Gasteiger partial charge in [-0.3, -0.25) is 4.79 Å². The van der Waals surface area contributed by atoms with E-state index in [4.69, 9.17) is 9.47 Å². The summed E-state index contributed by atoms with van der Waals surface area (Å²) in [5, 5.41) is 4.56. The highest BCUT2D eigenvalue weighted by molar-refractivity contribution is 7.07. The third-order valence-corrected chi connectivity index (χ3v) is 4.26. The van der Waals surface area contributed by atoms with E-state index in [1.165, 1.54) is 42.7 Å². The summed E-state index contributed by atoms with van der Waals surface area (Å²) in [5.74, 6) is 0.521. The lowest BCUT2D eigenvalue weighted by Crippen LogP contribution is -2.12. The van der Waals surface area contributed by atoms with Crippen molar-refractivity contribution in [3.05, 3.63) is 64.6 Å². The van der Waals surface area contributed by atoms with Crippen LogP contribution in [0.3, 0.4) is 0 Å². The summed E-state index contributed by atoms with van der Waals surface area (Å²) < 4.78 is 39.6. The van der Waals surface area contributed by atoms with Crippen molar-refractivity contribution in [1.82, 2.24) is 4.98 Å². The van der Waals surface area contributed by atoms with Crippen LogP contribution in [-0.2, 0) is 6.61 Å². The zero-order valence-corrected chi connectivity index (χ0v) is 15.5. The van der Waals surface area contributed by atoms with Crippen LogP contribution < -0.4 is 19.5 Å². The molecule has 0 aliphatic heterocycles. The van der Waals surface area contributed by atoms with Gasteiger partial charge in [-0.05, 0) is 42.5 Å². The average molecular weight is 406 g/mol. The Kier molecular flexibility index (Phi) is 6.38. The van der Waals surface area contributed by atoms with Crippen LogP contribution in [-0.4, -0.2) is 24.6 Å². The SMILES string of the molecule is COc1cc(C(=O)Nc2ccc(OC(F)F)cc2)ccc1OCc1cscn1. The Morgan fingerprint density at radius 2 is 1.96 bits per heavy atom. The molecule has 3 aromatic rings. The number of hydrogen-bond acceptors (Lipinski definition) is 6. The molecule has 0 aliphatic rings. The lowest BCUT2D eigenvalue weighted by Gasteiger charge is -2.12. The number of rotatable bonds is 8. The molecule has 9 heteroatoms. The molecule has 0 fully saturated rings. The van der Waals surface area contributed by atoms with Gasteiger partial charge in [0, 0.05) is 16.6 Å². The zero-order valence-electron chi connectivity index (χ0n) is 14.7. The molecule has 0 aliphatic carbocycles. The third kappa shape index (κ3) is 5.17. The van der Waals surface area contributed by atoms with E-state index < -0.39 is 6.61 Å². The summed E-state index contributed by atoms with van der Waals surface area (Å²) in [6, 6.07) is 10.4. The van der Waals surface area contributed by atoms with E-state index in [2.05, 4.69) is 15.0 Å². The summed E-state index contributed by atoms with van der Waals surface area (Å²) in [4.78, 5) is 16.6. The minimum atomic E-state index is -2.90. The Bertz CT molecular complexity index is 918. The Morgan fingerprint density at radius 3 is 2.61 bits per heavy atom. The molecule has 1 heterocycles. The highest BCUT2D eigenvalue weighted by Crippen LogP contribution is 2.29. The predicted octanol–water partition coefficient (Wildman–Crippen LogP) is 4.58. The van der Waals surface area contributed by atoms with E-state index >= 15 is 0 Å². The van der Waals surface area contributed by atoms with Crippen molar-refractivity contribution in [2.24, 2.45) is 0 Å². The number of nitrogens with one attached hydrogen (secondary N) is 1. The molecule has 0 saturated carbocycles. The molecule has 0 spiro atoms. The molecule has 0 bridgehead atoms. The lowest BCUT2D eigenvalue weighted by molar-refractivity contribution is -0.0498. The summed E-state index contributed by atoms with van der Waals surface area (Å²) in [6.07, 6.45) is 0. The minimum Gasteiger partial charge on any atom is -0.493 e. The molecular weight excluding hydrogens is 390 g/mol. The number of carbonyl (C=O) groups is 1. The maximum absolute atomic E-state index is 12.4. The maximum atomic E-state index is 12.4. The number of halogens is 2.